The third-order valence-electron chi connectivity index (χ3n) is 6.66. The molecular weight excluding hydrogens is 499 g/mol. The standard InChI is InChI=1S/C28H34Cl2N2O4/c1-6-22(25(35)31-27(2,3)4)32-24(17-10-12-19(29)13-11-17)21(18-8-7-9-20(30)14-18)15-28(5,26(32)36)16-23(33)34/h7-14,21-22,24H,6,15-16H2,1-5H3,(H,31,35)(H,33,34). The van der Waals surface area contributed by atoms with Crippen LogP contribution < -0.4 is 5.32 Å². The van der Waals surface area contributed by atoms with Crippen molar-refractivity contribution in [3.63, 3.8) is 0 Å². The van der Waals surface area contributed by atoms with Gasteiger partial charge in [0.25, 0.3) is 0 Å². The Morgan fingerprint density at radius 2 is 1.75 bits per heavy atom. The first-order chi connectivity index (χ1) is 16.8. The smallest absolute Gasteiger partial charge is 0.304 e. The van der Waals surface area contributed by atoms with Gasteiger partial charge < -0.3 is 15.3 Å². The van der Waals surface area contributed by atoms with E-state index in [0.29, 0.717) is 22.9 Å². The first-order valence-electron chi connectivity index (χ1n) is 12.1. The first kappa shape index (κ1) is 28.0. The maximum Gasteiger partial charge on any atom is 0.304 e. The highest BCUT2D eigenvalue weighted by atomic mass is 35.5. The molecule has 2 aromatic carbocycles. The molecule has 3 rings (SSSR count). The van der Waals surface area contributed by atoms with E-state index in [4.69, 9.17) is 23.2 Å². The number of halogens is 2. The summed E-state index contributed by atoms with van der Waals surface area (Å²) in [6.45, 7) is 9.19. The molecule has 2 amide bonds. The summed E-state index contributed by atoms with van der Waals surface area (Å²) in [5.41, 5.74) is -0.0211. The van der Waals surface area contributed by atoms with Crippen LogP contribution in [0.3, 0.4) is 0 Å². The third-order valence-corrected chi connectivity index (χ3v) is 7.14. The SMILES string of the molecule is CCC(C(=O)NC(C)(C)C)N1C(=O)C(C)(CC(=O)O)CC(c2cccc(Cl)c2)C1c1ccc(Cl)cc1. The average Bonchev–Trinajstić information content (AvgIpc) is 2.76. The zero-order chi connectivity index (χ0) is 26.8. The number of piperidine rings is 1. The Balaban J connectivity index is 2.25. The van der Waals surface area contributed by atoms with Gasteiger partial charge in [-0.05, 0) is 69.0 Å². The minimum atomic E-state index is -1.21. The van der Waals surface area contributed by atoms with Crippen LogP contribution in [-0.4, -0.2) is 39.4 Å². The highest BCUT2D eigenvalue weighted by Gasteiger charge is 2.53. The summed E-state index contributed by atoms with van der Waals surface area (Å²) in [5, 5.41) is 13.8. The molecule has 1 heterocycles. The molecule has 36 heavy (non-hydrogen) atoms. The van der Waals surface area contributed by atoms with Gasteiger partial charge in [-0.15, -0.1) is 0 Å². The lowest BCUT2D eigenvalue weighted by atomic mass is 9.67. The number of rotatable bonds is 7. The van der Waals surface area contributed by atoms with Crippen molar-refractivity contribution < 1.29 is 19.5 Å². The van der Waals surface area contributed by atoms with Crippen LogP contribution in [0.4, 0.5) is 0 Å². The fourth-order valence-corrected chi connectivity index (χ4v) is 5.51. The molecular formula is C28H34Cl2N2O4. The Morgan fingerprint density at radius 3 is 2.28 bits per heavy atom. The molecule has 1 aliphatic rings. The number of nitrogens with one attached hydrogen (secondary N) is 1. The molecule has 4 atom stereocenters. The summed E-state index contributed by atoms with van der Waals surface area (Å²) in [6, 6.07) is 13.3. The number of carboxylic acids is 1. The summed E-state index contributed by atoms with van der Waals surface area (Å²) < 4.78 is 0. The Hall–Kier alpha value is -2.57. The van der Waals surface area contributed by atoms with Crippen LogP contribution in [0, 0.1) is 5.41 Å². The molecule has 1 saturated heterocycles. The van der Waals surface area contributed by atoms with Crippen LogP contribution in [0.1, 0.15) is 77.0 Å². The second kappa shape index (κ2) is 10.8. The average molecular weight is 533 g/mol. The van der Waals surface area contributed by atoms with Gasteiger partial charge in [-0.1, -0.05) is 61.3 Å². The highest BCUT2D eigenvalue weighted by molar-refractivity contribution is 6.30. The maximum absolute atomic E-state index is 14.2. The van der Waals surface area contributed by atoms with E-state index in [1.165, 1.54) is 0 Å². The highest BCUT2D eigenvalue weighted by Crippen LogP contribution is 2.52. The van der Waals surface area contributed by atoms with Gasteiger partial charge in [0.05, 0.1) is 17.9 Å². The van der Waals surface area contributed by atoms with E-state index in [1.54, 1.807) is 30.0 Å². The zero-order valence-corrected chi connectivity index (χ0v) is 22.9. The number of likely N-dealkylation sites (tertiary alicyclic amines) is 1. The van der Waals surface area contributed by atoms with Crippen LogP contribution in [0.25, 0.3) is 0 Å². The van der Waals surface area contributed by atoms with Crippen LogP contribution in [0.5, 0.6) is 0 Å². The molecule has 2 N–H and O–H groups in total. The third kappa shape index (κ3) is 6.22. The molecule has 0 bridgehead atoms. The van der Waals surface area contributed by atoms with Gasteiger partial charge in [-0.25, -0.2) is 0 Å². The van der Waals surface area contributed by atoms with Gasteiger partial charge in [0.15, 0.2) is 0 Å². The van der Waals surface area contributed by atoms with E-state index >= 15 is 0 Å². The minimum absolute atomic E-state index is 0.276. The van der Waals surface area contributed by atoms with E-state index in [0.717, 1.165) is 11.1 Å². The lowest BCUT2D eigenvalue weighted by Crippen LogP contribution is -2.60. The predicted molar refractivity (Wildman–Crippen MR) is 142 cm³/mol. The van der Waals surface area contributed by atoms with Crippen molar-refractivity contribution in [2.75, 3.05) is 0 Å². The van der Waals surface area contributed by atoms with Gasteiger partial charge in [0.2, 0.25) is 11.8 Å². The number of carbonyl (C=O) groups is 3. The van der Waals surface area contributed by atoms with Gasteiger partial charge in [-0.3, -0.25) is 14.4 Å². The monoisotopic (exact) mass is 532 g/mol. The summed E-state index contributed by atoms with van der Waals surface area (Å²) >= 11 is 12.5. The van der Waals surface area contributed by atoms with Crippen molar-refractivity contribution in [3.8, 4) is 0 Å². The summed E-state index contributed by atoms with van der Waals surface area (Å²) in [5.74, 6) is -1.99. The van der Waals surface area contributed by atoms with E-state index in [-0.39, 0.29) is 24.2 Å². The van der Waals surface area contributed by atoms with E-state index in [1.807, 2.05) is 58.0 Å². The number of aliphatic carboxylic acids is 1. The molecule has 0 radical (unpaired) electrons. The molecule has 8 heteroatoms. The van der Waals surface area contributed by atoms with Crippen LogP contribution in [0.15, 0.2) is 48.5 Å². The number of carbonyl (C=O) groups excluding carboxylic acids is 2. The predicted octanol–water partition coefficient (Wildman–Crippen LogP) is 6.22. The summed E-state index contributed by atoms with van der Waals surface area (Å²) in [7, 11) is 0. The van der Waals surface area contributed by atoms with E-state index in [2.05, 4.69) is 5.32 Å². The second-order valence-corrected chi connectivity index (χ2v) is 11.7. The van der Waals surface area contributed by atoms with E-state index in [9.17, 15) is 19.5 Å². The lowest BCUT2D eigenvalue weighted by Gasteiger charge is -2.51. The largest absolute Gasteiger partial charge is 0.481 e. The van der Waals surface area contributed by atoms with Crippen molar-refractivity contribution >= 4 is 41.0 Å². The molecule has 194 valence electrons. The first-order valence-corrected chi connectivity index (χ1v) is 12.9. The number of hydrogen-bond acceptors (Lipinski definition) is 3. The topological polar surface area (TPSA) is 86.7 Å². The molecule has 0 aromatic heterocycles. The minimum Gasteiger partial charge on any atom is -0.481 e. The summed E-state index contributed by atoms with van der Waals surface area (Å²) in [4.78, 5) is 41.2. The molecule has 1 aliphatic heterocycles. The quantitative estimate of drug-likeness (QED) is 0.442. The fraction of sp³-hybridized carbons (Fsp3) is 0.464. The van der Waals surface area contributed by atoms with E-state index < -0.39 is 29.0 Å². The lowest BCUT2D eigenvalue weighted by molar-refractivity contribution is -0.163. The molecule has 0 saturated carbocycles. The summed E-state index contributed by atoms with van der Waals surface area (Å²) in [6.07, 6.45) is 0.312. The van der Waals surface area contributed by atoms with Gasteiger partial charge in [-0.2, -0.15) is 0 Å². The molecule has 0 spiro atoms. The van der Waals surface area contributed by atoms with Crippen molar-refractivity contribution in [2.24, 2.45) is 5.41 Å². The van der Waals surface area contributed by atoms with Crippen molar-refractivity contribution in [3.05, 3.63) is 69.7 Å². The number of amides is 2. The van der Waals surface area contributed by atoms with Crippen molar-refractivity contribution in [2.45, 2.75) is 77.4 Å². The molecule has 0 aliphatic carbocycles. The second-order valence-electron chi connectivity index (χ2n) is 10.9. The van der Waals surface area contributed by atoms with Crippen LogP contribution in [-0.2, 0) is 14.4 Å². The normalized spacial score (nSPS) is 23.3. The fourth-order valence-electron chi connectivity index (χ4n) is 5.18. The number of carboxylic acid groups (broad SMARTS) is 1. The molecule has 2 aromatic rings. The van der Waals surface area contributed by atoms with Crippen molar-refractivity contribution in [1.29, 1.82) is 0 Å². The van der Waals surface area contributed by atoms with Crippen molar-refractivity contribution in [1.82, 2.24) is 10.2 Å². The Labute approximate surface area is 223 Å². The zero-order valence-electron chi connectivity index (χ0n) is 21.3. The molecule has 6 nitrogen and oxygen atoms in total. The maximum atomic E-state index is 14.2. The Bertz CT molecular complexity index is 1130. The Kier molecular flexibility index (Phi) is 8.41. The number of nitrogens with zero attached hydrogens (tertiary/aromatic N) is 1. The molecule has 4 unspecified atom stereocenters. The van der Waals surface area contributed by atoms with Crippen LogP contribution in [0.2, 0.25) is 10.0 Å². The Morgan fingerprint density at radius 1 is 1.11 bits per heavy atom. The van der Waals surface area contributed by atoms with Gasteiger partial charge >= 0.3 is 5.97 Å². The van der Waals surface area contributed by atoms with Crippen LogP contribution >= 0.6 is 23.2 Å². The number of hydrogen-bond donors (Lipinski definition) is 2. The number of benzene rings is 2. The molecule has 1 fully saturated rings. The van der Waals surface area contributed by atoms with Gasteiger partial charge in [0, 0.05) is 21.5 Å². The van der Waals surface area contributed by atoms with Gasteiger partial charge in [0.1, 0.15) is 6.04 Å².